The maximum absolute atomic E-state index is 2.49. The fourth-order valence-corrected chi connectivity index (χ4v) is 8.21. The molecule has 2 heteroatoms. The van der Waals surface area contributed by atoms with E-state index in [-0.39, 0.29) is 5.41 Å². The Balaban J connectivity index is 1.26. The number of rotatable bonds is 3. The van der Waals surface area contributed by atoms with Crippen molar-refractivity contribution in [3.05, 3.63) is 169 Å². The van der Waals surface area contributed by atoms with Gasteiger partial charge in [0, 0.05) is 32.6 Å². The van der Waals surface area contributed by atoms with E-state index in [4.69, 9.17) is 0 Å². The highest BCUT2D eigenvalue weighted by Crippen LogP contribution is 2.48. The lowest BCUT2D eigenvalue weighted by Crippen LogP contribution is -2.26. The summed E-state index contributed by atoms with van der Waals surface area (Å²) in [7, 11) is 0. The maximum Gasteiger partial charge on any atom is 0.0582 e. The van der Waals surface area contributed by atoms with Crippen LogP contribution in [-0.4, -0.2) is 9.13 Å². The van der Waals surface area contributed by atoms with E-state index in [9.17, 15) is 0 Å². The van der Waals surface area contributed by atoms with Crippen LogP contribution in [0.15, 0.2) is 158 Å². The molecule has 2 nitrogen and oxygen atoms in total. The number of para-hydroxylation sites is 2. The Morgan fingerprint density at radius 3 is 1.57 bits per heavy atom. The van der Waals surface area contributed by atoms with E-state index in [1.54, 1.807) is 0 Å². The molecule has 0 aliphatic carbocycles. The number of nitrogens with zero attached hydrogens (tertiary/aromatic N) is 2. The van der Waals surface area contributed by atoms with Gasteiger partial charge in [0.25, 0.3) is 0 Å². The summed E-state index contributed by atoms with van der Waals surface area (Å²) < 4.78 is 4.95. The molecule has 0 amide bonds. The molecule has 0 fully saturated rings. The van der Waals surface area contributed by atoms with Crippen molar-refractivity contribution in [1.29, 1.82) is 0 Å². The van der Waals surface area contributed by atoms with E-state index in [1.807, 2.05) is 0 Å². The summed E-state index contributed by atoms with van der Waals surface area (Å²) in [6.45, 7) is 4.72. The Morgan fingerprint density at radius 1 is 0.383 bits per heavy atom. The average Bonchev–Trinajstić information content (AvgIpc) is 3.63. The van der Waals surface area contributed by atoms with Gasteiger partial charge in [-0.15, -0.1) is 0 Å². The number of aromatic nitrogens is 2. The third-order valence-electron chi connectivity index (χ3n) is 10.5. The Labute approximate surface area is 273 Å². The number of fused-ring (bicyclic) bond motifs is 8. The lowest BCUT2D eigenvalue weighted by atomic mass is 9.75. The molecule has 0 atom stereocenters. The highest BCUT2D eigenvalue weighted by atomic mass is 15.0. The molecule has 7 aromatic carbocycles. The van der Waals surface area contributed by atoms with Gasteiger partial charge in [-0.05, 0) is 81.9 Å². The second-order valence-corrected chi connectivity index (χ2v) is 13.4. The minimum atomic E-state index is -0.0803. The Bertz CT molecular complexity index is 2590. The van der Waals surface area contributed by atoms with Gasteiger partial charge in [-0.25, -0.2) is 0 Å². The molecule has 0 saturated heterocycles. The predicted molar refractivity (Wildman–Crippen MR) is 198 cm³/mol. The molecule has 1 aliphatic rings. The van der Waals surface area contributed by atoms with Crippen LogP contribution in [0.25, 0.3) is 77.2 Å². The molecule has 0 spiro atoms. The summed E-state index contributed by atoms with van der Waals surface area (Å²) in [4.78, 5) is 0. The highest BCUT2D eigenvalue weighted by molar-refractivity contribution is 6.14. The number of benzene rings is 7. The molecule has 0 radical (unpaired) electrons. The van der Waals surface area contributed by atoms with Crippen molar-refractivity contribution in [1.82, 2.24) is 9.13 Å². The van der Waals surface area contributed by atoms with Crippen molar-refractivity contribution in [2.45, 2.75) is 19.3 Å². The molecule has 0 bridgehead atoms. The van der Waals surface area contributed by atoms with Gasteiger partial charge in [-0.2, -0.15) is 0 Å². The van der Waals surface area contributed by atoms with Gasteiger partial charge in [0.05, 0.1) is 27.8 Å². The van der Waals surface area contributed by atoms with Crippen LogP contribution in [0.2, 0.25) is 0 Å². The summed E-state index contributed by atoms with van der Waals surface area (Å²) in [5.41, 5.74) is 15.0. The minimum absolute atomic E-state index is 0.0803. The van der Waals surface area contributed by atoms with E-state index in [0.29, 0.717) is 0 Å². The van der Waals surface area contributed by atoms with Crippen molar-refractivity contribution in [2.24, 2.45) is 0 Å². The van der Waals surface area contributed by atoms with Crippen molar-refractivity contribution >= 4 is 43.6 Å². The molecule has 0 N–H and O–H groups in total. The summed E-state index contributed by atoms with van der Waals surface area (Å²) in [6.07, 6.45) is 0. The lowest BCUT2D eigenvalue weighted by molar-refractivity contribution is 0.630. The molecule has 1 aliphatic heterocycles. The first-order valence-corrected chi connectivity index (χ1v) is 16.4. The molecular formula is C45H32N2. The Morgan fingerprint density at radius 2 is 0.915 bits per heavy atom. The molecular weight excluding hydrogens is 569 g/mol. The quantitative estimate of drug-likeness (QED) is 0.191. The average molecular weight is 601 g/mol. The van der Waals surface area contributed by atoms with Crippen LogP contribution in [0.1, 0.15) is 25.0 Å². The molecule has 10 rings (SSSR count). The predicted octanol–water partition coefficient (Wildman–Crippen LogP) is 11.9. The molecule has 0 unspecified atom stereocenters. The fourth-order valence-electron chi connectivity index (χ4n) is 8.21. The zero-order chi connectivity index (χ0) is 31.3. The van der Waals surface area contributed by atoms with Crippen molar-refractivity contribution < 1.29 is 0 Å². The first-order valence-electron chi connectivity index (χ1n) is 16.4. The van der Waals surface area contributed by atoms with E-state index >= 15 is 0 Å². The molecule has 47 heavy (non-hydrogen) atoms. The van der Waals surface area contributed by atoms with Crippen molar-refractivity contribution in [3.63, 3.8) is 0 Å². The minimum Gasteiger partial charge on any atom is -0.309 e. The van der Waals surface area contributed by atoms with Gasteiger partial charge in [0.1, 0.15) is 0 Å². The normalized spacial score (nSPS) is 13.5. The number of hydrogen-bond acceptors (Lipinski definition) is 0. The maximum atomic E-state index is 2.49. The number of hydrogen-bond donors (Lipinski definition) is 0. The summed E-state index contributed by atoms with van der Waals surface area (Å²) in [6, 6.07) is 58.1. The van der Waals surface area contributed by atoms with E-state index in [1.165, 1.54) is 88.4 Å². The van der Waals surface area contributed by atoms with Crippen LogP contribution >= 0.6 is 0 Å². The van der Waals surface area contributed by atoms with Crippen LogP contribution in [-0.2, 0) is 5.41 Å². The van der Waals surface area contributed by atoms with E-state index in [0.717, 1.165) is 0 Å². The Hall–Kier alpha value is -5.86. The van der Waals surface area contributed by atoms with Gasteiger partial charge in [-0.1, -0.05) is 123 Å². The van der Waals surface area contributed by atoms with E-state index < -0.39 is 0 Å². The topological polar surface area (TPSA) is 9.86 Å². The second kappa shape index (κ2) is 9.57. The van der Waals surface area contributed by atoms with Crippen molar-refractivity contribution in [2.75, 3.05) is 0 Å². The van der Waals surface area contributed by atoms with E-state index in [2.05, 4.69) is 181 Å². The summed E-state index contributed by atoms with van der Waals surface area (Å²) in [5.74, 6) is 0. The highest BCUT2D eigenvalue weighted by Gasteiger charge is 2.34. The van der Waals surface area contributed by atoms with Crippen LogP contribution in [0, 0.1) is 0 Å². The fraction of sp³-hybridized carbons (Fsp3) is 0.0667. The van der Waals surface area contributed by atoms with Crippen LogP contribution < -0.4 is 0 Å². The third-order valence-corrected chi connectivity index (χ3v) is 10.5. The molecule has 2 aromatic heterocycles. The lowest BCUT2D eigenvalue weighted by Gasteiger charge is -2.34. The summed E-state index contributed by atoms with van der Waals surface area (Å²) in [5, 5.41) is 5.11. The van der Waals surface area contributed by atoms with Crippen molar-refractivity contribution in [3.8, 4) is 33.6 Å². The SMILES string of the molecule is CC1(C)c2ccccc2-n2c3ccc(-n4c5ccc(-c6ccccc6)cc5c5cc(-c6ccccc6)ccc54)cc3c3cccc1c32. The van der Waals surface area contributed by atoms with Crippen LogP contribution in [0.5, 0.6) is 0 Å². The zero-order valence-corrected chi connectivity index (χ0v) is 26.4. The van der Waals surface area contributed by atoms with Gasteiger partial charge in [-0.3, -0.25) is 0 Å². The molecule has 222 valence electrons. The second-order valence-electron chi connectivity index (χ2n) is 13.4. The summed E-state index contributed by atoms with van der Waals surface area (Å²) >= 11 is 0. The smallest absolute Gasteiger partial charge is 0.0582 e. The van der Waals surface area contributed by atoms with Crippen LogP contribution in [0.4, 0.5) is 0 Å². The standard InChI is InChI=1S/C45H32N2/c1-45(2)38-17-9-10-19-43(38)47-42-25-22-33(28-37(42)34-16-11-18-39(45)44(34)47)46-40-23-20-31(29-12-5-3-6-13-29)26-35(40)36-27-32(21-24-41(36)46)30-14-7-4-8-15-30/h3-28H,1-2H3. The molecule has 9 aromatic rings. The van der Waals surface area contributed by atoms with Gasteiger partial charge >= 0.3 is 0 Å². The van der Waals surface area contributed by atoms with Gasteiger partial charge in [0.2, 0.25) is 0 Å². The third kappa shape index (κ3) is 3.67. The van der Waals surface area contributed by atoms with Crippen LogP contribution in [0.3, 0.4) is 0 Å². The van der Waals surface area contributed by atoms with Gasteiger partial charge in [0.15, 0.2) is 0 Å². The Kier molecular flexibility index (Phi) is 5.37. The van der Waals surface area contributed by atoms with Gasteiger partial charge < -0.3 is 9.13 Å². The first kappa shape index (κ1) is 26.4. The first-order chi connectivity index (χ1) is 23.1. The molecule has 0 saturated carbocycles. The monoisotopic (exact) mass is 600 g/mol. The molecule has 3 heterocycles. The zero-order valence-electron chi connectivity index (χ0n) is 26.4. The largest absolute Gasteiger partial charge is 0.309 e.